The Balaban J connectivity index is 2.36. The number of rotatable bonds is 3. The van der Waals surface area contributed by atoms with E-state index in [1.165, 1.54) is 6.92 Å². The molecule has 0 radical (unpaired) electrons. The fourth-order valence-electron chi connectivity index (χ4n) is 1.57. The number of aryl methyl sites for hydroxylation is 2. The van der Waals surface area contributed by atoms with Crippen LogP contribution in [0, 0.1) is 18.6 Å². The van der Waals surface area contributed by atoms with Crippen LogP contribution in [0.15, 0.2) is 22.8 Å². The Morgan fingerprint density at radius 3 is 2.58 bits per heavy atom. The van der Waals surface area contributed by atoms with Crippen LogP contribution >= 0.6 is 15.9 Å². The van der Waals surface area contributed by atoms with E-state index in [0.29, 0.717) is 22.7 Å². The molecule has 0 saturated carbocycles. The van der Waals surface area contributed by atoms with Crippen molar-refractivity contribution in [2.24, 2.45) is 0 Å². The van der Waals surface area contributed by atoms with Gasteiger partial charge in [-0.2, -0.15) is 0 Å². The van der Waals surface area contributed by atoms with Gasteiger partial charge in [0.1, 0.15) is 27.9 Å². The highest BCUT2D eigenvalue weighted by Crippen LogP contribution is 2.23. The first-order valence-electron chi connectivity index (χ1n) is 5.75. The van der Waals surface area contributed by atoms with E-state index in [1.807, 2.05) is 6.92 Å². The summed E-state index contributed by atoms with van der Waals surface area (Å²) >= 11 is 3.25. The molecule has 0 saturated heterocycles. The van der Waals surface area contributed by atoms with Crippen LogP contribution in [-0.2, 0) is 6.42 Å². The smallest absolute Gasteiger partial charge is 0.147 e. The summed E-state index contributed by atoms with van der Waals surface area (Å²) < 4.78 is 27.7. The maximum absolute atomic E-state index is 13.7. The number of nitrogens with zero attached hydrogens (tertiary/aromatic N) is 2. The first kappa shape index (κ1) is 13.9. The van der Waals surface area contributed by atoms with Gasteiger partial charge in [0.15, 0.2) is 0 Å². The fourth-order valence-corrected chi connectivity index (χ4v) is 1.99. The van der Waals surface area contributed by atoms with Crippen molar-refractivity contribution in [3.8, 4) is 0 Å². The van der Waals surface area contributed by atoms with Gasteiger partial charge in [-0.1, -0.05) is 6.92 Å². The molecule has 0 amide bonds. The van der Waals surface area contributed by atoms with Crippen molar-refractivity contribution >= 4 is 27.4 Å². The maximum Gasteiger partial charge on any atom is 0.147 e. The van der Waals surface area contributed by atoms with Crippen LogP contribution in [0.3, 0.4) is 0 Å². The first-order chi connectivity index (χ1) is 8.99. The Morgan fingerprint density at radius 2 is 1.89 bits per heavy atom. The number of hydrogen-bond acceptors (Lipinski definition) is 3. The minimum absolute atomic E-state index is 0.0516. The third kappa shape index (κ3) is 3.26. The van der Waals surface area contributed by atoms with Gasteiger partial charge in [0.2, 0.25) is 0 Å². The molecule has 0 unspecified atom stereocenters. The van der Waals surface area contributed by atoms with Gasteiger partial charge in [-0.3, -0.25) is 0 Å². The third-order valence-electron chi connectivity index (χ3n) is 2.57. The zero-order valence-corrected chi connectivity index (χ0v) is 12.1. The molecule has 2 aromatic rings. The molecule has 0 bridgehead atoms. The molecule has 3 nitrogen and oxygen atoms in total. The lowest BCUT2D eigenvalue weighted by Crippen LogP contribution is -2.02. The van der Waals surface area contributed by atoms with Gasteiger partial charge in [-0.15, -0.1) is 0 Å². The molecule has 0 aliphatic heterocycles. The summed E-state index contributed by atoms with van der Waals surface area (Å²) in [6.45, 7) is 3.43. The van der Waals surface area contributed by atoms with Crippen molar-refractivity contribution in [2.45, 2.75) is 20.3 Å². The van der Waals surface area contributed by atoms with E-state index in [0.717, 1.165) is 12.1 Å². The highest BCUT2D eigenvalue weighted by molar-refractivity contribution is 9.10. The quantitative estimate of drug-likeness (QED) is 0.861. The summed E-state index contributed by atoms with van der Waals surface area (Å²) in [5, 5.41) is 2.76. The van der Waals surface area contributed by atoms with Crippen LogP contribution in [-0.4, -0.2) is 9.97 Å². The Hall–Kier alpha value is -1.56. The zero-order chi connectivity index (χ0) is 14.0. The number of hydrogen-bond donors (Lipinski definition) is 1. The molecular formula is C13H12BrF2N3. The molecule has 2 rings (SSSR count). The highest BCUT2D eigenvalue weighted by atomic mass is 79.9. The van der Waals surface area contributed by atoms with Gasteiger partial charge in [-0.25, -0.2) is 18.7 Å². The zero-order valence-electron chi connectivity index (χ0n) is 10.5. The lowest BCUT2D eigenvalue weighted by atomic mass is 10.2. The Labute approximate surface area is 118 Å². The van der Waals surface area contributed by atoms with E-state index in [2.05, 4.69) is 31.2 Å². The Kier molecular flexibility index (Phi) is 4.09. The van der Waals surface area contributed by atoms with Crippen LogP contribution in [0.25, 0.3) is 0 Å². The topological polar surface area (TPSA) is 37.8 Å². The molecule has 0 aliphatic carbocycles. The van der Waals surface area contributed by atoms with E-state index >= 15 is 0 Å². The molecule has 6 heteroatoms. The summed E-state index contributed by atoms with van der Waals surface area (Å²) in [7, 11) is 0. The van der Waals surface area contributed by atoms with Crippen LogP contribution in [0.2, 0.25) is 0 Å². The van der Waals surface area contributed by atoms with Crippen LogP contribution in [0.1, 0.15) is 18.3 Å². The number of nitrogens with one attached hydrogen (secondary N) is 1. The van der Waals surface area contributed by atoms with Crippen LogP contribution in [0.4, 0.5) is 20.3 Å². The number of benzene rings is 1. The highest BCUT2D eigenvalue weighted by Gasteiger charge is 2.09. The van der Waals surface area contributed by atoms with Crippen molar-refractivity contribution in [2.75, 3.05) is 5.32 Å². The summed E-state index contributed by atoms with van der Waals surface area (Å²) in [5.74, 6) is 0.0464. The molecule has 1 aromatic carbocycles. The molecule has 100 valence electrons. The lowest BCUT2D eigenvalue weighted by molar-refractivity contribution is 0.595. The van der Waals surface area contributed by atoms with Gasteiger partial charge in [0.05, 0.1) is 5.69 Å². The summed E-state index contributed by atoms with van der Waals surface area (Å²) in [6.07, 6.45) is 0.652. The van der Waals surface area contributed by atoms with E-state index in [-0.39, 0.29) is 11.3 Å². The number of aromatic nitrogens is 2. The van der Waals surface area contributed by atoms with E-state index in [4.69, 9.17) is 0 Å². The Bertz CT molecular complexity index is 617. The summed E-state index contributed by atoms with van der Waals surface area (Å²) in [6, 6.07) is 3.87. The minimum atomic E-state index is -0.522. The van der Waals surface area contributed by atoms with Crippen molar-refractivity contribution in [1.82, 2.24) is 9.97 Å². The maximum atomic E-state index is 13.7. The van der Waals surface area contributed by atoms with Crippen LogP contribution in [0.5, 0.6) is 0 Å². The van der Waals surface area contributed by atoms with Crippen molar-refractivity contribution in [3.63, 3.8) is 0 Å². The van der Waals surface area contributed by atoms with Crippen molar-refractivity contribution in [1.29, 1.82) is 0 Å². The predicted octanol–water partition coefficient (Wildman–Crippen LogP) is 4.13. The molecule has 1 heterocycles. The number of anilines is 2. The van der Waals surface area contributed by atoms with Gasteiger partial charge < -0.3 is 5.32 Å². The predicted molar refractivity (Wildman–Crippen MR) is 73.5 cm³/mol. The van der Waals surface area contributed by atoms with Gasteiger partial charge in [-0.05, 0) is 34.5 Å². The lowest BCUT2D eigenvalue weighted by Gasteiger charge is -2.09. The second-order valence-corrected chi connectivity index (χ2v) is 4.86. The average Bonchev–Trinajstić information content (AvgIpc) is 2.35. The van der Waals surface area contributed by atoms with Crippen LogP contribution < -0.4 is 5.32 Å². The standard InChI is InChI=1S/C13H12BrF2N3/c1-3-12-18-11(14)6-13(19-12)17-10-5-8(15)7(2)4-9(10)16/h4-6H,3H2,1-2H3,(H,17,18,19). The molecule has 0 spiro atoms. The average molecular weight is 328 g/mol. The summed E-state index contributed by atoms with van der Waals surface area (Å²) in [5.41, 5.74) is 0.317. The van der Waals surface area contributed by atoms with Crippen molar-refractivity contribution < 1.29 is 8.78 Å². The largest absolute Gasteiger partial charge is 0.338 e. The van der Waals surface area contributed by atoms with Gasteiger partial charge in [0, 0.05) is 18.6 Å². The van der Waals surface area contributed by atoms with E-state index < -0.39 is 11.6 Å². The second kappa shape index (κ2) is 5.61. The third-order valence-corrected chi connectivity index (χ3v) is 2.97. The van der Waals surface area contributed by atoms with Crippen molar-refractivity contribution in [3.05, 3.63) is 45.8 Å². The molecular weight excluding hydrogens is 316 g/mol. The minimum Gasteiger partial charge on any atom is -0.338 e. The molecule has 0 aliphatic rings. The molecule has 1 aromatic heterocycles. The second-order valence-electron chi connectivity index (χ2n) is 4.05. The van der Waals surface area contributed by atoms with E-state index in [9.17, 15) is 8.78 Å². The normalized spacial score (nSPS) is 10.6. The molecule has 19 heavy (non-hydrogen) atoms. The first-order valence-corrected chi connectivity index (χ1v) is 6.55. The SMILES string of the molecule is CCc1nc(Br)cc(Nc2cc(F)c(C)cc2F)n1. The molecule has 1 N–H and O–H groups in total. The monoisotopic (exact) mass is 327 g/mol. The molecule has 0 atom stereocenters. The van der Waals surface area contributed by atoms with Gasteiger partial charge in [0.25, 0.3) is 0 Å². The van der Waals surface area contributed by atoms with Gasteiger partial charge >= 0.3 is 0 Å². The van der Waals surface area contributed by atoms with E-state index in [1.54, 1.807) is 6.07 Å². The number of halogens is 3. The molecule has 0 fully saturated rings. The fraction of sp³-hybridized carbons (Fsp3) is 0.231. The summed E-state index contributed by atoms with van der Waals surface area (Å²) in [4.78, 5) is 8.34. The Morgan fingerprint density at radius 1 is 1.16 bits per heavy atom.